The molecule has 21 heavy (non-hydrogen) atoms. The molecule has 110 valence electrons. The van der Waals surface area contributed by atoms with Crippen molar-refractivity contribution in [3.05, 3.63) is 53.6 Å². The van der Waals surface area contributed by atoms with Crippen molar-refractivity contribution in [2.45, 2.75) is 20.3 Å². The minimum atomic E-state index is -0.0736. The van der Waals surface area contributed by atoms with E-state index in [4.69, 9.17) is 10.5 Å². The van der Waals surface area contributed by atoms with Gasteiger partial charge < -0.3 is 15.8 Å². The SMILES string of the molecule is Cc1cccc(OCCC(=O)Nc2ccc(N)cc2C)c1. The second-order valence-corrected chi connectivity index (χ2v) is 5.04. The number of nitrogen functional groups attached to an aromatic ring is 1. The van der Waals surface area contributed by atoms with Crippen LogP contribution in [0.4, 0.5) is 11.4 Å². The summed E-state index contributed by atoms with van der Waals surface area (Å²) in [5, 5.41) is 2.86. The number of aryl methyl sites for hydroxylation is 2. The number of ether oxygens (including phenoxy) is 1. The molecule has 2 aromatic rings. The third-order valence-corrected chi connectivity index (χ3v) is 3.11. The maximum atomic E-state index is 11.9. The Kier molecular flexibility index (Phi) is 4.82. The van der Waals surface area contributed by atoms with E-state index in [2.05, 4.69) is 5.32 Å². The predicted molar refractivity (Wildman–Crippen MR) is 85.5 cm³/mol. The number of nitrogens with two attached hydrogens (primary N) is 1. The Hall–Kier alpha value is -2.49. The molecule has 0 unspecified atom stereocenters. The lowest BCUT2D eigenvalue weighted by Gasteiger charge is -2.10. The summed E-state index contributed by atoms with van der Waals surface area (Å²) < 4.78 is 5.56. The fraction of sp³-hybridized carbons (Fsp3) is 0.235. The highest BCUT2D eigenvalue weighted by Crippen LogP contribution is 2.18. The van der Waals surface area contributed by atoms with Crippen molar-refractivity contribution in [3.8, 4) is 5.75 Å². The van der Waals surface area contributed by atoms with E-state index in [1.165, 1.54) is 0 Å². The van der Waals surface area contributed by atoms with Gasteiger partial charge in [0, 0.05) is 11.4 Å². The average Bonchev–Trinajstić information content (AvgIpc) is 2.42. The molecule has 4 heteroatoms. The van der Waals surface area contributed by atoms with E-state index in [1.54, 1.807) is 6.07 Å². The molecule has 0 radical (unpaired) electrons. The van der Waals surface area contributed by atoms with Crippen LogP contribution in [0.15, 0.2) is 42.5 Å². The molecule has 0 atom stereocenters. The summed E-state index contributed by atoms with van der Waals surface area (Å²) in [6.45, 7) is 4.27. The molecule has 0 bridgehead atoms. The summed E-state index contributed by atoms with van der Waals surface area (Å²) >= 11 is 0. The molecule has 1 amide bonds. The number of carbonyl (C=O) groups excluding carboxylic acids is 1. The number of hydrogen-bond donors (Lipinski definition) is 2. The molecule has 2 rings (SSSR count). The van der Waals surface area contributed by atoms with Gasteiger partial charge in [-0.15, -0.1) is 0 Å². The molecule has 0 aliphatic rings. The van der Waals surface area contributed by atoms with Crippen molar-refractivity contribution >= 4 is 17.3 Å². The number of nitrogens with one attached hydrogen (secondary N) is 1. The maximum Gasteiger partial charge on any atom is 0.227 e. The summed E-state index contributed by atoms with van der Waals surface area (Å²) in [7, 11) is 0. The van der Waals surface area contributed by atoms with E-state index in [0.29, 0.717) is 18.7 Å². The van der Waals surface area contributed by atoms with Crippen molar-refractivity contribution in [1.82, 2.24) is 0 Å². The zero-order chi connectivity index (χ0) is 15.2. The molecule has 0 heterocycles. The minimum absolute atomic E-state index is 0.0736. The van der Waals surface area contributed by atoms with Gasteiger partial charge in [0.25, 0.3) is 0 Å². The Bertz CT molecular complexity index is 638. The molecular formula is C17H20N2O2. The van der Waals surface area contributed by atoms with Gasteiger partial charge in [0.15, 0.2) is 0 Å². The minimum Gasteiger partial charge on any atom is -0.493 e. The van der Waals surface area contributed by atoms with E-state index in [-0.39, 0.29) is 5.91 Å². The van der Waals surface area contributed by atoms with Gasteiger partial charge in [-0.05, 0) is 55.3 Å². The Morgan fingerprint density at radius 3 is 2.71 bits per heavy atom. The van der Waals surface area contributed by atoms with Crippen molar-refractivity contribution in [3.63, 3.8) is 0 Å². The third kappa shape index (κ3) is 4.53. The number of benzene rings is 2. The molecule has 0 aliphatic heterocycles. The highest BCUT2D eigenvalue weighted by molar-refractivity contribution is 5.91. The average molecular weight is 284 g/mol. The lowest BCUT2D eigenvalue weighted by molar-refractivity contribution is -0.116. The van der Waals surface area contributed by atoms with E-state index < -0.39 is 0 Å². The summed E-state index contributed by atoms with van der Waals surface area (Å²) in [5.74, 6) is 0.710. The van der Waals surface area contributed by atoms with Crippen LogP contribution in [0.25, 0.3) is 0 Å². The first-order chi connectivity index (χ1) is 10.0. The molecule has 0 spiro atoms. The normalized spacial score (nSPS) is 10.2. The van der Waals surface area contributed by atoms with Crippen LogP contribution in [0.3, 0.4) is 0 Å². The third-order valence-electron chi connectivity index (χ3n) is 3.11. The first kappa shape index (κ1) is 14.9. The number of rotatable bonds is 5. The lowest BCUT2D eigenvalue weighted by atomic mass is 10.2. The topological polar surface area (TPSA) is 64.3 Å². The fourth-order valence-electron chi connectivity index (χ4n) is 2.01. The second kappa shape index (κ2) is 6.79. The number of anilines is 2. The fourth-order valence-corrected chi connectivity index (χ4v) is 2.01. The first-order valence-electron chi connectivity index (χ1n) is 6.90. The monoisotopic (exact) mass is 284 g/mol. The van der Waals surface area contributed by atoms with Crippen molar-refractivity contribution < 1.29 is 9.53 Å². The quantitative estimate of drug-likeness (QED) is 0.828. The van der Waals surface area contributed by atoms with Gasteiger partial charge in [-0.2, -0.15) is 0 Å². The zero-order valence-corrected chi connectivity index (χ0v) is 12.3. The lowest BCUT2D eigenvalue weighted by Crippen LogP contribution is -2.16. The van der Waals surface area contributed by atoms with Gasteiger partial charge in [-0.25, -0.2) is 0 Å². The van der Waals surface area contributed by atoms with Gasteiger partial charge >= 0.3 is 0 Å². The van der Waals surface area contributed by atoms with Gasteiger partial charge in [0.2, 0.25) is 5.91 Å². The standard InChI is InChI=1S/C17H20N2O2/c1-12-4-3-5-15(10-12)21-9-8-17(20)19-16-7-6-14(18)11-13(16)2/h3-7,10-11H,8-9,18H2,1-2H3,(H,19,20). The van der Waals surface area contributed by atoms with Crippen LogP contribution in [0.2, 0.25) is 0 Å². The maximum absolute atomic E-state index is 11.9. The van der Waals surface area contributed by atoms with Crippen LogP contribution < -0.4 is 15.8 Å². The molecule has 0 aliphatic carbocycles. The number of carbonyl (C=O) groups is 1. The van der Waals surface area contributed by atoms with Gasteiger partial charge in [-0.1, -0.05) is 12.1 Å². The number of hydrogen-bond acceptors (Lipinski definition) is 3. The van der Waals surface area contributed by atoms with Crippen LogP contribution in [0.1, 0.15) is 17.5 Å². The Labute approximate surface area is 124 Å². The van der Waals surface area contributed by atoms with Crippen LogP contribution >= 0.6 is 0 Å². The van der Waals surface area contributed by atoms with Gasteiger partial charge in [0.1, 0.15) is 5.75 Å². The van der Waals surface area contributed by atoms with E-state index in [1.807, 2.05) is 50.2 Å². The predicted octanol–water partition coefficient (Wildman–Crippen LogP) is 3.29. The highest BCUT2D eigenvalue weighted by Gasteiger charge is 2.05. The Balaban J connectivity index is 1.82. The molecular weight excluding hydrogens is 264 g/mol. The first-order valence-corrected chi connectivity index (χ1v) is 6.90. The smallest absolute Gasteiger partial charge is 0.227 e. The van der Waals surface area contributed by atoms with Crippen LogP contribution in [0.5, 0.6) is 5.75 Å². The van der Waals surface area contributed by atoms with E-state index >= 15 is 0 Å². The van der Waals surface area contributed by atoms with E-state index in [9.17, 15) is 4.79 Å². The zero-order valence-electron chi connectivity index (χ0n) is 12.3. The Morgan fingerprint density at radius 1 is 1.19 bits per heavy atom. The molecule has 3 N–H and O–H groups in total. The summed E-state index contributed by atoms with van der Waals surface area (Å²) in [6.07, 6.45) is 0.303. The van der Waals surface area contributed by atoms with Crippen molar-refractivity contribution in [2.75, 3.05) is 17.7 Å². The van der Waals surface area contributed by atoms with Crippen LogP contribution in [-0.2, 0) is 4.79 Å². The molecule has 0 saturated heterocycles. The Morgan fingerprint density at radius 2 is 2.00 bits per heavy atom. The molecule has 2 aromatic carbocycles. The van der Waals surface area contributed by atoms with Crippen molar-refractivity contribution in [2.24, 2.45) is 0 Å². The molecule has 0 saturated carbocycles. The number of amides is 1. The molecule has 4 nitrogen and oxygen atoms in total. The van der Waals surface area contributed by atoms with E-state index in [0.717, 1.165) is 22.6 Å². The van der Waals surface area contributed by atoms with Crippen LogP contribution in [0, 0.1) is 13.8 Å². The summed E-state index contributed by atoms with van der Waals surface area (Å²) in [6, 6.07) is 13.2. The second-order valence-electron chi connectivity index (χ2n) is 5.04. The summed E-state index contributed by atoms with van der Waals surface area (Å²) in [5.41, 5.74) is 9.23. The van der Waals surface area contributed by atoms with Crippen LogP contribution in [-0.4, -0.2) is 12.5 Å². The molecule has 0 aromatic heterocycles. The van der Waals surface area contributed by atoms with Crippen molar-refractivity contribution in [1.29, 1.82) is 0 Å². The highest BCUT2D eigenvalue weighted by atomic mass is 16.5. The summed E-state index contributed by atoms with van der Waals surface area (Å²) in [4.78, 5) is 11.9. The molecule has 0 fully saturated rings. The van der Waals surface area contributed by atoms with Gasteiger partial charge in [-0.3, -0.25) is 4.79 Å². The largest absolute Gasteiger partial charge is 0.493 e. The van der Waals surface area contributed by atoms with Gasteiger partial charge in [0.05, 0.1) is 13.0 Å².